The predicted molar refractivity (Wildman–Crippen MR) is 73.6 cm³/mol. The third kappa shape index (κ3) is 2.63. The molecular weight excluding hydrogens is 242 g/mol. The Balaban J connectivity index is 2.40. The van der Waals surface area contributed by atoms with E-state index >= 15 is 0 Å². The maximum Gasteiger partial charge on any atom is 0.325 e. The van der Waals surface area contributed by atoms with Crippen molar-refractivity contribution in [2.45, 2.75) is 19.9 Å². The average molecular weight is 261 g/mol. The summed E-state index contributed by atoms with van der Waals surface area (Å²) in [6, 6.07) is 3.21. The summed E-state index contributed by atoms with van der Waals surface area (Å²) >= 11 is 0. The van der Waals surface area contributed by atoms with E-state index < -0.39 is 12.0 Å². The van der Waals surface area contributed by atoms with Gasteiger partial charge in [-0.15, -0.1) is 0 Å². The highest BCUT2D eigenvalue weighted by Gasteiger charge is 2.28. The number of methoxy groups -OCH3 is 1. The molecule has 19 heavy (non-hydrogen) atoms. The Kier molecular flexibility index (Phi) is 3.90. The molecule has 0 saturated heterocycles. The molecule has 2 rings (SSSR count). The fraction of sp³-hybridized carbons (Fsp3) is 0.400. The zero-order chi connectivity index (χ0) is 14.0. The Morgan fingerprint density at radius 2 is 1.79 bits per heavy atom. The van der Waals surface area contributed by atoms with E-state index in [1.54, 1.807) is 7.11 Å². The molecule has 1 N–H and O–H groups in total. The first-order chi connectivity index (χ1) is 9.04. The molecule has 0 radical (unpaired) electrons. The van der Waals surface area contributed by atoms with Gasteiger partial charge >= 0.3 is 5.97 Å². The van der Waals surface area contributed by atoms with Crippen molar-refractivity contribution in [3.8, 4) is 5.75 Å². The molecule has 1 unspecified atom stereocenters. The molecule has 1 aromatic rings. The Morgan fingerprint density at radius 3 is 2.21 bits per heavy atom. The van der Waals surface area contributed by atoms with E-state index in [9.17, 15) is 9.90 Å². The topological polar surface area (TPSA) is 49.8 Å². The second-order valence-corrected chi connectivity index (χ2v) is 4.85. The fourth-order valence-electron chi connectivity index (χ4n) is 2.68. The van der Waals surface area contributed by atoms with E-state index in [-0.39, 0.29) is 0 Å². The summed E-state index contributed by atoms with van der Waals surface area (Å²) < 4.78 is 5.32. The number of benzene rings is 1. The van der Waals surface area contributed by atoms with Gasteiger partial charge in [-0.2, -0.15) is 0 Å². The largest absolute Gasteiger partial charge is 0.496 e. The van der Waals surface area contributed by atoms with Crippen molar-refractivity contribution in [2.75, 3.05) is 20.2 Å². The van der Waals surface area contributed by atoms with Gasteiger partial charge in [0, 0.05) is 13.1 Å². The molecule has 4 heteroatoms. The normalized spacial score (nSPS) is 16.6. The smallest absolute Gasteiger partial charge is 0.325 e. The van der Waals surface area contributed by atoms with Gasteiger partial charge in [0.25, 0.3) is 0 Å². The van der Waals surface area contributed by atoms with Crippen molar-refractivity contribution >= 4 is 5.97 Å². The SMILES string of the molecule is COc1c(C)cc(C(C(=O)O)N2CC=CC2)cc1C. The van der Waals surface area contributed by atoms with Gasteiger partial charge in [-0.3, -0.25) is 9.69 Å². The van der Waals surface area contributed by atoms with Crippen LogP contribution in [0.2, 0.25) is 0 Å². The van der Waals surface area contributed by atoms with Crippen LogP contribution in [0.4, 0.5) is 0 Å². The van der Waals surface area contributed by atoms with Crippen molar-refractivity contribution < 1.29 is 14.6 Å². The zero-order valence-electron chi connectivity index (χ0n) is 11.5. The standard InChI is InChI=1S/C15H19NO3/c1-10-8-12(9-11(2)14(10)19-3)13(15(17)18)16-6-4-5-7-16/h4-5,8-9,13H,6-7H2,1-3H3,(H,17,18). The van der Waals surface area contributed by atoms with Crippen molar-refractivity contribution in [3.63, 3.8) is 0 Å². The van der Waals surface area contributed by atoms with Gasteiger partial charge in [0.1, 0.15) is 11.8 Å². The van der Waals surface area contributed by atoms with E-state index in [0.29, 0.717) is 13.1 Å². The number of aliphatic carboxylic acids is 1. The molecule has 0 bridgehead atoms. The Hall–Kier alpha value is -1.81. The lowest BCUT2D eigenvalue weighted by Gasteiger charge is -2.25. The first-order valence-electron chi connectivity index (χ1n) is 6.31. The summed E-state index contributed by atoms with van der Waals surface area (Å²) in [6.07, 6.45) is 4.00. The van der Waals surface area contributed by atoms with E-state index in [1.807, 2.05) is 43.0 Å². The number of rotatable bonds is 4. The van der Waals surface area contributed by atoms with E-state index in [0.717, 1.165) is 22.4 Å². The second-order valence-electron chi connectivity index (χ2n) is 4.85. The van der Waals surface area contributed by atoms with Crippen LogP contribution in [0.15, 0.2) is 24.3 Å². The molecule has 0 aromatic heterocycles. The van der Waals surface area contributed by atoms with E-state index in [4.69, 9.17) is 4.74 Å². The maximum atomic E-state index is 11.6. The fourth-order valence-corrected chi connectivity index (χ4v) is 2.68. The summed E-state index contributed by atoms with van der Waals surface area (Å²) in [4.78, 5) is 13.5. The Morgan fingerprint density at radius 1 is 1.26 bits per heavy atom. The molecule has 1 aliphatic heterocycles. The number of ether oxygens (including phenoxy) is 1. The molecule has 4 nitrogen and oxygen atoms in total. The monoisotopic (exact) mass is 261 g/mol. The number of nitrogens with zero attached hydrogens (tertiary/aromatic N) is 1. The van der Waals surface area contributed by atoms with Gasteiger partial charge in [0.05, 0.1) is 7.11 Å². The van der Waals surface area contributed by atoms with Gasteiger partial charge in [0.15, 0.2) is 0 Å². The minimum atomic E-state index is -0.812. The van der Waals surface area contributed by atoms with Crippen molar-refractivity contribution in [1.82, 2.24) is 4.90 Å². The van der Waals surface area contributed by atoms with Crippen molar-refractivity contribution in [2.24, 2.45) is 0 Å². The van der Waals surface area contributed by atoms with Crippen LogP contribution in [-0.2, 0) is 4.79 Å². The van der Waals surface area contributed by atoms with Crippen molar-refractivity contribution in [1.29, 1.82) is 0 Å². The summed E-state index contributed by atoms with van der Waals surface area (Å²) in [5, 5.41) is 9.49. The molecule has 1 heterocycles. The Labute approximate surface area is 113 Å². The third-order valence-electron chi connectivity index (χ3n) is 3.45. The number of aryl methyl sites for hydroxylation is 2. The second kappa shape index (κ2) is 5.45. The molecule has 1 aliphatic rings. The first kappa shape index (κ1) is 13.6. The zero-order valence-corrected chi connectivity index (χ0v) is 11.5. The average Bonchev–Trinajstić information content (AvgIpc) is 2.82. The molecule has 0 amide bonds. The van der Waals surface area contributed by atoms with Crippen LogP contribution in [0.3, 0.4) is 0 Å². The highest BCUT2D eigenvalue weighted by molar-refractivity contribution is 5.76. The van der Waals surface area contributed by atoms with Gasteiger partial charge in [0.2, 0.25) is 0 Å². The molecule has 1 aromatic carbocycles. The highest BCUT2D eigenvalue weighted by Crippen LogP contribution is 2.30. The summed E-state index contributed by atoms with van der Waals surface area (Å²) in [5.41, 5.74) is 2.75. The lowest BCUT2D eigenvalue weighted by atomic mass is 9.99. The number of carboxylic acids is 1. The number of carboxylic acid groups (broad SMARTS) is 1. The van der Waals surface area contributed by atoms with Crippen LogP contribution >= 0.6 is 0 Å². The molecule has 0 spiro atoms. The lowest BCUT2D eigenvalue weighted by Crippen LogP contribution is -2.32. The third-order valence-corrected chi connectivity index (χ3v) is 3.45. The van der Waals surface area contributed by atoms with Crippen molar-refractivity contribution in [3.05, 3.63) is 41.0 Å². The quantitative estimate of drug-likeness (QED) is 0.845. The van der Waals surface area contributed by atoms with Gasteiger partial charge in [-0.25, -0.2) is 0 Å². The summed E-state index contributed by atoms with van der Waals surface area (Å²) in [5.74, 6) is 0.0140. The van der Waals surface area contributed by atoms with Gasteiger partial charge in [-0.1, -0.05) is 24.3 Å². The molecule has 1 atom stereocenters. The van der Waals surface area contributed by atoms with E-state index in [1.165, 1.54) is 0 Å². The molecule has 102 valence electrons. The minimum absolute atomic E-state index is 0.599. The number of hydrogen-bond donors (Lipinski definition) is 1. The number of carbonyl (C=O) groups is 1. The first-order valence-corrected chi connectivity index (χ1v) is 6.31. The summed E-state index contributed by atoms with van der Waals surface area (Å²) in [7, 11) is 1.63. The number of hydrogen-bond acceptors (Lipinski definition) is 3. The van der Waals surface area contributed by atoms with Crippen LogP contribution in [0.5, 0.6) is 5.75 Å². The van der Waals surface area contributed by atoms with Crippen LogP contribution < -0.4 is 4.74 Å². The van der Waals surface area contributed by atoms with Crippen LogP contribution in [0, 0.1) is 13.8 Å². The Bertz CT molecular complexity index is 491. The summed E-state index contributed by atoms with van der Waals surface area (Å²) in [6.45, 7) is 5.25. The van der Waals surface area contributed by atoms with Crippen LogP contribution in [-0.4, -0.2) is 36.2 Å². The molecule has 0 fully saturated rings. The maximum absolute atomic E-state index is 11.6. The van der Waals surface area contributed by atoms with Gasteiger partial charge < -0.3 is 9.84 Å². The molecule has 0 saturated carbocycles. The van der Waals surface area contributed by atoms with Gasteiger partial charge in [-0.05, 0) is 30.5 Å². The molecule has 0 aliphatic carbocycles. The van der Waals surface area contributed by atoms with Crippen LogP contribution in [0.1, 0.15) is 22.7 Å². The van der Waals surface area contributed by atoms with Crippen LogP contribution in [0.25, 0.3) is 0 Å². The lowest BCUT2D eigenvalue weighted by molar-refractivity contribution is -0.143. The minimum Gasteiger partial charge on any atom is -0.496 e. The highest BCUT2D eigenvalue weighted by atomic mass is 16.5. The predicted octanol–water partition coefficient (Wildman–Crippen LogP) is 2.31. The molecular formula is C15H19NO3. The van der Waals surface area contributed by atoms with E-state index in [2.05, 4.69) is 0 Å².